The molecule has 0 unspecified atom stereocenters. The highest BCUT2D eigenvalue weighted by Gasteiger charge is 2.54. The lowest BCUT2D eigenvalue weighted by atomic mass is 9.73. The average Bonchev–Trinajstić information content (AvgIpc) is 2.33. The third kappa shape index (κ3) is 2.71. The zero-order valence-corrected chi connectivity index (χ0v) is 13.2. The van der Waals surface area contributed by atoms with Gasteiger partial charge in [0, 0.05) is 37.8 Å². The summed E-state index contributed by atoms with van der Waals surface area (Å²) in [6.07, 6.45) is 3.11. The van der Waals surface area contributed by atoms with Gasteiger partial charge in [-0.25, -0.2) is 4.79 Å². The molecule has 1 aromatic heterocycles. The summed E-state index contributed by atoms with van der Waals surface area (Å²) in [5.41, 5.74) is 1.27. The number of carbonyl (C=O) groups is 1. The van der Waals surface area contributed by atoms with E-state index in [0.717, 1.165) is 31.9 Å². The molecule has 2 fully saturated rings. The number of anilines is 1. The zero-order valence-electron chi connectivity index (χ0n) is 13.2. The van der Waals surface area contributed by atoms with E-state index in [-0.39, 0.29) is 11.5 Å². The summed E-state index contributed by atoms with van der Waals surface area (Å²) in [4.78, 5) is 20.0. The van der Waals surface area contributed by atoms with E-state index in [2.05, 4.69) is 16.0 Å². The monoisotopic (exact) mass is 300 g/mol. The number of aromatic nitrogens is 1. The molecule has 0 aliphatic carbocycles. The number of amides is 1. The first-order chi connectivity index (χ1) is 10.3. The molecule has 0 N–H and O–H groups in total. The SMILES string of the molecule is CC(C)(C)OC(=O)N1CC2(C1)CN(c1cncc(C#N)c1)C2. The fourth-order valence-corrected chi connectivity index (χ4v) is 3.03. The Morgan fingerprint density at radius 2 is 2.00 bits per heavy atom. The van der Waals surface area contributed by atoms with Gasteiger partial charge in [0.25, 0.3) is 0 Å². The van der Waals surface area contributed by atoms with E-state index in [4.69, 9.17) is 10.00 Å². The Bertz CT molecular complexity index is 630. The van der Waals surface area contributed by atoms with Gasteiger partial charge < -0.3 is 14.5 Å². The van der Waals surface area contributed by atoms with Crippen LogP contribution in [0.25, 0.3) is 0 Å². The molecule has 1 aromatic rings. The van der Waals surface area contributed by atoms with Crippen LogP contribution in [0, 0.1) is 16.7 Å². The molecule has 116 valence electrons. The van der Waals surface area contributed by atoms with Crippen molar-refractivity contribution in [3.8, 4) is 6.07 Å². The van der Waals surface area contributed by atoms with Gasteiger partial charge in [-0.1, -0.05) is 0 Å². The second-order valence-corrected chi connectivity index (χ2v) is 7.24. The van der Waals surface area contributed by atoms with Gasteiger partial charge in [0.1, 0.15) is 11.7 Å². The van der Waals surface area contributed by atoms with Crippen molar-refractivity contribution in [3.05, 3.63) is 24.0 Å². The number of hydrogen-bond donors (Lipinski definition) is 0. The number of pyridine rings is 1. The number of likely N-dealkylation sites (tertiary alicyclic amines) is 1. The molecule has 0 atom stereocenters. The number of nitriles is 1. The molecular weight excluding hydrogens is 280 g/mol. The van der Waals surface area contributed by atoms with Crippen molar-refractivity contribution in [3.63, 3.8) is 0 Å². The lowest BCUT2D eigenvalue weighted by Gasteiger charge is -2.60. The molecule has 2 aliphatic rings. The average molecular weight is 300 g/mol. The van der Waals surface area contributed by atoms with Crippen LogP contribution in [0.5, 0.6) is 0 Å². The second kappa shape index (κ2) is 4.87. The maximum Gasteiger partial charge on any atom is 0.410 e. The molecular formula is C16H20N4O2. The molecule has 6 heteroatoms. The number of rotatable bonds is 1. The predicted octanol–water partition coefficient (Wildman–Crippen LogP) is 2.01. The summed E-state index contributed by atoms with van der Waals surface area (Å²) in [6, 6.07) is 3.96. The van der Waals surface area contributed by atoms with Gasteiger partial charge in [-0.15, -0.1) is 0 Å². The van der Waals surface area contributed by atoms with Crippen LogP contribution in [0.1, 0.15) is 26.3 Å². The first-order valence-electron chi connectivity index (χ1n) is 7.38. The highest BCUT2D eigenvalue weighted by Crippen LogP contribution is 2.42. The van der Waals surface area contributed by atoms with Crippen LogP contribution < -0.4 is 4.90 Å². The minimum atomic E-state index is -0.450. The topological polar surface area (TPSA) is 69.5 Å². The molecule has 0 aromatic carbocycles. The highest BCUT2D eigenvalue weighted by atomic mass is 16.6. The molecule has 22 heavy (non-hydrogen) atoms. The van der Waals surface area contributed by atoms with E-state index < -0.39 is 5.60 Å². The van der Waals surface area contributed by atoms with Crippen molar-refractivity contribution in [1.29, 1.82) is 5.26 Å². The van der Waals surface area contributed by atoms with E-state index in [9.17, 15) is 4.79 Å². The van der Waals surface area contributed by atoms with Crippen molar-refractivity contribution < 1.29 is 9.53 Å². The molecule has 2 aliphatic heterocycles. The number of nitrogens with zero attached hydrogens (tertiary/aromatic N) is 4. The minimum Gasteiger partial charge on any atom is -0.444 e. The van der Waals surface area contributed by atoms with Gasteiger partial charge in [-0.05, 0) is 26.8 Å². The maximum absolute atomic E-state index is 11.9. The van der Waals surface area contributed by atoms with Crippen molar-refractivity contribution in [1.82, 2.24) is 9.88 Å². The minimum absolute atomic E-state index is 0.180. The maximum atomic E-state index is 11.9. The van der Waals surface area contributed by atoms with Crippen LogP contribution in [-0.4, -0.2) is 47.8 Å². The van der Waals surface area contributed by atoms with Gasteiger partial charge in [0.2, 0.25) is 0 Å². The fraction of sp³-hybridized carbons (Fsp3) is 0.562. The molecule has 1 amide bonds. The third-order valence-corrected chi connectivity index (χ3v) is 3.97. The Morgan fingerprint density at radius 3 is 2.59 bits per heavy atom. The summed E-state index contributed by atoms with van der Waals surface area (Å²) >= 11 is 0. The predicted molar refractivity (Wildman–Crippen MR) is 81.4 cm³/mol. The smallest absolute Gasteiger partial charge is 0.410 e. The first-order valence-corrected chi connectivity index (χ1v) is 7.38. The number of carbonyl (C=O) groups excluding carboxylic acids is 1. The third-order valence-electron chi connectivity index (χ3n) is 3.97. The highest BCUT2D eigenvalue weighted by molar-refractivity contribution is 5.70. The number of hydrogen-bond acceptors (Lipinski definition) is 5. The Balaban J connectivity index is 1.53. The van der Waals surface area contributed by atoms with Crippen molar-refractivity contribution in [2.24, 2.45) is 5.41 Å². The van der Waals surface area contributed by atoms with Gasteiger partial charge in [-0.3, -0.25) is 4.98 Å². The zero-order chi connectivity index (χ0) is 16.0. The molecule has 3 heterocycles. The molecule has 0 bridgehead atoms. The van der Waals surface area contributed by atoms with E-state index in [1.165, 1.54) is 0 Å². The summed E-state index contributed by atoms with van der Waals surface area (Å²) in [7, 11) is 0. The molecule has 3 rings (SSSR count). The van der Waals surface area contributed by atoms with E-state index in [0.29, 0.717) is 5.56 Å². The van der Waals surface area contributed by atoms with Gasteiger partial charge in [0.05, 0.1) is 17.4 Å². The lowest BCUT2D eigenvalue weighted by molar-refractivity contribution is -0.0453. The second-order valence-electron chi connectivity index (χ2n) is 7.24. The summed E-state index contributed by atoms with van der Waals surface area (Å²) in [6.45, 7) is 8.89. The van der Waals surface area contributed by atoms with Crippen LogP contribution in [-0.2, 0) is 4.74 Å². The van der Waals surface area contributed by atoms with Gasteiger partial charge in [0.15, 0.2) is 0 Å². The summed E-state index contributed by atoms with van der Waals surface area (Å²) in [5.74, 6) is 0. The Morgan fingerprint density at radius 1 is 1.32 bits per heavy atom. The summed E-state index contributed by atoms with van der Waals surface area (Å²) < 4.78 is 5.37. The molecule has 6 nitrogen and oxygen atoms in total. The molecule has 2 saturated heterocycles. The Hall–Kier alpha value is -2.29. The molecule has 0 radical (unpaired) electrons. The van der Waals surface area contributed by atoms with E-state index in [1.54, 1.807) is 17.3 Å². The van der Waals surface area contributed by atoms with Crippen molar-refractivity contribution >= 4 is 11.8 Å². The normalized spacial score (nSPS) is 19.2. The van der Waals surface area contributed by atoms with Gasteiger partial charge in [-0.2, -0.15) is 5.26 Å². The number of ether oxygens (including phenoxy) is 1. The van der Waals surface area contributed by atoms with Crippen LogP contribution >= 0.6 is 0 Å². The first kappa shape index (κ1) is 14.6. The quantitative estimate of drug-likeness (QED) is 0.793. The molecule has 0 saturated carbocycles. The van der Waals surface area contributed by atoms with Crippen molar-refractivity contribution in [2.45, 2.75) is 26.4 Å². The fourth-order valence-electron chi connectivity index (χ4n) is 3.03. The standard InChI is InChI=1S/C16H20N4O2/c1-15(2,3)22-14(21)20-10-16(11-20)8-19(9-16)13-4-12(5-17)6-18-7-13/h4,6-7H,8-11H2,1-3H3. The lowest BCUT2D eigenvalue weighted by Crippen LogP contribution is -2.73. The van der Waals surface area contributed by atoms with Crippen LogP contribution in [0.3, 0.4) is 0 Å². The van der Waals surface area contributed by atoms with Crippen molar-refractivity contribution in [2.75, 3.05) is 31.1 Å². The van der Waals surface area contributed by atoms with Crippen LogP contribution in [0.4, 0.5) is 10.5 Å². The summed E-state index contributed by atoms with van der Waals surface area (Å²) in [5, 5.41) is 8.92. The molecule has 1 spiro atoms. The van der Waals surface area contributed by atoms with Gasteiger partial charge >= 0.3 is 6.09 Å². The Labute approximate surface area is 130 Å². The van der Waals surface area contributed by atoms with E-state index >= 15 is 0 Å². The van der Waals surface area contributed by atoms with Crippen LogP contribution in [0.15, 0.2) is 18.5 Å². The largest absolute Gasteiger partial charge is 0.444 e. The Kier molecular flexibility index (Phi) is 3.24. The van der Waals surface area contributed by atoms with E-state index in [1.807, 2.05) is 26.8 Å². The van der Waals surface area contributed by atoms with Crippen LogP contribution in [0.2, 0.25) is 0 Å².